The van der Waals surface area contributed by atoms with Gasteiger partial charge in [-0.2, -0.15) is 4.99 Å². The van der Waals surface area contributed by atoms with Crippen molar-refractivity contribution in [1.82, 2.24) is 0 Å². The summed E-state index contributed by atoms with van der Waals surface area (Å²) in [4.78, 5) is 11.7. The summed E-state index contributed by atoms with van der Waals surface area (Å²) >= 11 is 0. The quantitative estimate of drug-likeness (QED) is 0.375. The van der Waals surface area contributed by atoms with E-state index < -0.39 is 13.0 Å². The molecule has 0 atom stereocenters. The normalized spacial score (nSPS) is 8.43. The van der Waals surface area contributed by atoms with Crippen LogP contribution in [-0.4, -0.2) is 19.1 Å². The predicted molar refractivity (Wildman–Crippen MR) is 19.0 cm³/mol. The molecule has 0 heterocycles. The van der Waals surface area contributed by atoms with Crippen molar-refractivity contribution in [2.75, 3.05) is 6.54 Å². The number of aliphatic imine (C=N–C) groups is 1. The average molecular weight is 107 g/mol. The van der Waals surface area contributed by atoms with Crippen molar-refractivity contribution in [2.45, 2.75) is 6.43 Å². The van der Waals surface area contributed by atoms with Crippen molar-refractivity contribution < 1.29 is 13.6 Å². The number of nitrogens with zero attached hydrogens (tertiary/aromatic N) is 1. The highest BCUT2D eigenvalue weighted by molar-refractivity contribution is 5.32. The van der Waals surface area contributed by atoms with Crippen LogP contribution in [0.5, 0.6) is 0 Å². The fourth-order valence-electron chi connectivity index (χ4n) is 0.106. The molecule has 0 aliphatic rings. The highest BCUT2D eigenvalue weighted by Crippen LogP contribution is 1.88. The number of hydrogen-bond donors (Lipinski definition) is 0. The second kappa shape index (κ2) is 3.43. The molecular weight excluding hydrogens is 104 g/mol. The van der Waals surface area contributed by atoms with Gasteiger partial charge < -0.3 is 0 Å². The number of alkyl halides is 2. The minimum Gasteiger partial charge on any atom is -0.211 e. The lowest BCUT2D eigenvalue weighted by atomic mass is 10.7. The molecule has 0 aromatic carbocycles. The Hall–Kier alpha value is -0.760. The van der Waals surface area contributed by atoms with Crippen molar-refractivity contribution in [3.8, 4) is 0 Å². The molecule has 0 amide bonds. The van der Waals surface area contributed by atoms with Crippen molar-refractivity contribution in [3.63, 3.8) is 0 Å². The van der Waals surface area contributed by atoms with E-state index in [1.807, 2.05) is 0 Å². The molecule has 4 heteroatoms. The number of isocyanates is 1. The van der Waals surface area contributed by atoms with E-state index in [1.165, 1.54) is 0 Å². The lowest BCUT2D eigenvalue weighted by Gasteiger charge is -1.82. The molecule has 0 radical (unpaired) electrons. The lowest BCUT2D eigenvalue weighted by Crippen LogP contribution is -1.93. The highest BCUT2D eigenvalue weighted by Gasteiger charge is 1.96. The molecule has 0 bridgehead atoms. The fourth-order valence-corrected chi connectivity index (χ4v) is 0.106. The van der Waals surface area contributed by atoms with E-state index in [0.29, 0.717) is 0 Å². The zero-order chi connectivity index (χ0) is 5.70. The molecule has 0 rings (SSSR count). The molecule has 0 aromatic heterocycles. The zero-order valence-electron chi connectivity index (χ0n) is 3.40. The van der Waals surface area contributed by atoms with Crippen molar-refractivity contribution in [3.05, 3.63) is 0 Å². The van der Waals surface area contributed by atoms with Crippen LogP contribution in [0.3, 0.4) is 0 Å². The maximum Gasteiger partial charge on any atom is 0.258 e. The Morgan fingerprint density at radius 2 is 2.29 bits per heavy atom. The summed E-state index contributed by atoms with van der Waals surface area (Å²) in [6.45, 7) is -0.733. The van der Waals surface area contributed by atoms with Gasteiger partial charge in [-0.1, -0.05) is 0 Å². The average Bonchev–Trinajstić information content (AvgIpc) is 1.61. The first-order valence-corrected chi connectivity index (χ1v) is 1.59. The summed E-state index contributed by atoms with van der Waals surface area (Å²) in [5.74, 6) is 0. The van der Waals surface area contributed by atoms with E-state index in [1.54, 1.807) is 0 Å². The van der Waals surface area contributed by atoms with E-state index in [0.717, 1.165) is 6.08 Å². The van der Waals surface area contributed by atoms with Crippen LogP contribution in [0.25, 0.3) is 0 Å². The minimum atomic E-state index is -2.53. The molecule has 0 fully saturated rings. The number of halogens is 2. The van der Waals surface area contributed by atoms with Gasteiger partial charge >= 0.3 is 0 Å². The third-order valence-electron chi connectivity index (χ3n) is 0.294. The van der Waals surface area contributed by atoms with Gasteiger partial charge in [0, 0.05) is 0 Å². The molecule has 0 aliphatic carbocycles. The van der Waals surface area contributed by atoms with Crippen molar-refractivity contribution >= 4 is 6.08 Å². The van der Waals surface area contributed by atoms with E-state index >= 15 is 0 Å². The first kappa shape index (κ1) is 6.24. The number of carbonyl (C=O) groups excluding carboxylic acids is 1. The molecule has 0 aliphatic heterocycles. The highest BCUT2D eigenvalue weighted by atomic mass is 19.3. The third-order valence-corrected chi connectivity index (χ3v) is 0.294. The summed E-state index contributed by atoms with van der Waals surface area (Å²) in [5.41, 5.74) is 0. The minimum absolute atomic E-state index is 0.733. The lowest BCUT2D eigenvalue weighted by molar-refractivity contribution is 0.158. The summed E-state index contributed by atoms with van der Waals surface area (Å²) in [6.07, 6.45) is -1.53. The zero-order valence-corrected chi connectivity index (χ0v) is 3.40. The number of rotatable bonds is 2. The van der Waals surface area contributed by atoms with Crippen molar-refractivity contribution in [1.29, 1.82) is 0 Å². The van der Waals surface area contributed by atoms with E-state index in [9.17, 15) is 8.78 Å². The molecule has 7 heavy (non-hydrogen) atoms. The fraction of sp³-hybridized carbons (Fsp3) is 0.667. The van der Waals surface area contributed by atoms with Crippen molar-refractivity contribution in [2.24, 2.45) is 4.99 Å². The summed E-state index contributed by atoms with van der Waals surface area (Å²) in [5, 5.41) is 0. The monoisotopic (exact) mass is 107 g/mol. The van der Waals surface area contributed by atoms with Crippen LogP contribution >= 0.6 is 0 Å². The van der Waals surface area contributed by atoms with Gasteiger partial charge in [0.1, 0.15) is 6.54 Å². The Morgan fingerprint density at radius 1 is 1.71 bits per heavy atom. The van der Waals surface area contributed by atoms with Gasteiger partial charge in [-0.3, -0.25) is 0 Å². The standard InChI is InChI=1S/C3H3F2NO/c4-3(5)1-6-2-7/h3H,1H2. The van der Waals surface area contributed by atoms with Gasteiger partial charge in [0.2, 0.25) is 6.08 Å². The molecule has 40 valence electrons. The second-order valence-corrected chi connectivity index (χ2v) is 0.823. The topological polar surface area (TPSA) is 29.4 Å². The van der Waals surface area contributed by atoms with E-state index in [4.69, 9.17) is 4.79 Å². The molecule has 0 saturated heterocycles. The molecule has 0 unspecified atom stereocenters. The predicted octanol–water partition coefficient (Wildman–Crippen LogP) is 0.587. The van der Waals surface area contributed by atoms with Gasteiger partial charge in [0.25, 0.3) is 6.43 Å². The Morgan fingerprint density at radius 3 is 2.43 bits per heavy atom. The maximum atomic E-state index is 10.9. The van der Waals surface area contributed by atoms with Crippen LogP contribution in [0.2, 0.25) is 0 Å². The van der Waals surface area contributed by atoms with Crippen LogP contribution in [0.15, 0.2) is 4.99 Å². The van der Waals surface area contributed by atoms with Gasteiger partial charge in [0.05, 0.1) is 0 Å². The first-order chi connectivity index (χ1) is 3.27. The Balaban J connectivity index is 3.13. The SMILES string of the molecule is O=C=NCC(F)F. The van der Waals surface area contributed by atoms with E-state index in [-0.39, 0.29) is 0 Å². The Labute approximate surface area is 38.9 Å². The van der Waals surface area contributed by atoms with Crippen LogP contribution in [-0.2, 0) is 4.79 Å². The van der Waals surface area contributed by atoms with Crippen LogP contribution < -0.4 is 0 Å². The van der Waals surface area contributed by atoms with Gasteiger partial charge in [-0.25, -0.2) is 13.6 Å². The summed E-state index contributed by atoms with van der Waals surface area (Å²) < 4.78 is 21.9. The largest absolute Gasteiger partial charge is 0.258 e. The maximum absolute atomic E-state index is 10.9. The van der Waals surface area contributed by atoms with Gasteiger partial charge in [0.15, 0.2) is 0 Å². The first-order valence-electron chi connectivity index (χ1n) is 1.59. The smallest absolute Gasteiger partial charge is 0.211 e. The van der Waals surface area contributed by atoms with Gasteiger partial charge in [-0.15, -0.1) is 0 Å². The molecule has 0 saturated carbocycles. The molecule has 0 spiro atoms. The van der Waals surface area contributed by atoms with Crippen LogP contribution in [0.1, 0.15) is 0 Å². The van der Waals surface area contributed by atoms with Crippen LogP contribution in [0, 0.1) is 0 Å². The van der Waals surface area contributed by atoms with E-state index in [2.05, 4.69) is 4.99 Å². The molecule has 0 aromatic rings. The second-order valence-electron chi connectivity index (χ2n) is 0.823. The Kier molecular flexibility index (Phi) is 3.06. The van der Waals surface area contributed by atoms with Crippen LogP contribution in [0.4, 0.5) is 8.78 Å². The van der Waals surface area contributed by atoms with Gasteiger partial charge in [-0.05, 0) is 0 Å². The molecule has 0 N–H and O–H groups in total. The third kappa shape index (κ3) is 5.24. The number of hydrogen-bond acceptors (Lipinski definition) is 2. The summed E-state index contributed by atoms with van der Waals surface area (Å²) in [6, 6.07) is 0. The Bertz CT molecular complexity index is 86.9. The molecular formula is C3H3F2NO. The molecule has 2 nitrogen and oxygen atoms in total. The summed E-state index contributed by atoms with van der Waals surface area (Å²) in [7, 11) is 0.